The maximum absolute atomic E-state index is 14.0. The Morgan fingerprint density at radius 2 is 0.870 bits per heavy atom. The van der Waals surface area contributed by atoms with Gasteiger partial charge in [0.1, 0.15) is 65.4 Å². The van der Waals surface area contributed by atoms with Crippen LogP contribution in [0.5, 0.6) is 0 Å². The van der Waals surface area contributed by atoms with Crippen molar-refractivity contribution in [3.63, 3.8) is 0 Å². The quantitative estimate of drug-likeness (QED) is 0.0565. The number of aliphatic hydroxyl groups is 3. The van der Waals surface area contributed by atoms with Crippen LogP contribution in [0.4, 0.5) is 45.0 Å². The van der Waals surface area contributed by atoms with Crippen molar-refractivity contribution in [2.45, 2.75) is 210 Å². The molecule has 0 bridgehead atoms. The first-order valence-electron chi connectivity index (χ1n) is 42.3. The van der Waals surface area contributed by atoms with E-state index in [1.165, 1.54) is 0 Å². The van der Waals surface area contributed by atoms with E-state index in [4.69, 9.17) is 19.6 Å². The molecule has 123 heavy (non-hydrogen) atoms. The number of nitrogens with zero attached hydrogens (tertiary/aromatic N) is 15. The Hall–Kier alpha value is -11.8. The topological polar surface area (TPSA) is 370 Å². The lowest BCUT2D eigenvalue weighted by Crippen LogP contribution is -2.46. The average molecular weight is 1680 g/mol. The first kappa shape index (κ1) is 95.1. The Balaban J connectivity index is 0.000000178. The fourth-order valence-corrected chi connectivity index (χ4v) is 16.6. The van der Waals surface area contributed by atoms with E-state index in [2.05, 4.69) is 49.4 Å². The molecule has 0 spiro atoms. The van der Waals surface area contributed by atoms with Crippen molar-refractivity contribution in [2.75, 3.05) is 120 Å². The minimum Gasteiger partial charge on any atom is -0.480 e. The Morgan fingerprint density at radius 1 is 0.496 bits per heavy atom. The molecule has 0 aliphatic carbocycles. The number of anilines is 7. The first-order valence-corrected chi connectivity index (χ1v) is 42.3. The summed E-state index contributed by atoms with van der Waals surface area (Å²) in [5.74, 6) is 0.247. The summed E-state index contributed by atoms with van der Waals surface area (Å²) in [6.07, 6.45) is -0.836. The molecular formula is C94H120N16O13. The highest BCUT2D eigenvalue weighted by Crippen LogP contribution is 2.37. The van der Waals surface area contributed by atoms with Crippen LogP contribution >= 0.6 is 0 Å². The molecule has 0 saturated carbocycles. The van der Waals surface area contributed by atoms with Crippen LogP contribution in [-0.4, -0.2) is 232 Å². The highest BCUT2D eigenvalue weighted by molar-refractivity contribution is 6.06. The third kappa shape index (κ3) is 24.0. The third-order valence-electron chi connectivity index (χ3n) is 22.4. The molecule has 4 aromatic carbocycles. The smallest absolute Gasteiger partial charge is 0.411 e. The number of amides is 5. The Bertz CT molecular complexity index is 5090. The highest BCUT2D eigenvalue weighted by Gasteiger charge is 2.46. The second-order valence-electron chi connectivity index (χ2n) is 33.2. The van der Waals surface area contributed by atoms with Gasteiger partial charge in [0.25, 0.3) is 0 Å². The number of ketones is 1. The average Bonchev–Trinajstić information content (AvgIpc) is 1.64. The molecule has 13 rings (SSSR count). The molecule has 29 heteroatoms. The molecule has 5 N–H and O–H groups in total. The molecule has 9 heterocycles. The predicted molar refractivity (Wildman–Crippen MR) is 474 cm³/mol. The monoisotopic (exact) mass is 1680 g/mol. The Morgan fingerprint density at radius 3 is 1.24 bits per heavy atom. The molecule has 654 valence electrons. The van der Waals surface area contributed by atoms with Gasteiger partial charge in [0, 0.05) is 124 Å². The zero-order chi connectivity index (χ0) is 90.0. The molecule has 6 aliphatic heterocycles. The molecule has 29 nitrogen and oxygen atoms in total. The van der Waals surface area contributed by atoms with Crippen molar-refractivity contribution in [1.29, 1.82) is 15.8 Å². The van der Waals surface area contributed by atoms with Crippen molar-refractivity contribution in [3.8, 4) is 18.2 Å². The van der Waals surface area contributed by atoms with Gasteiger partial charge in [-0.25, -0.2) is 24.5 Å². The van der Waals surface area contributed by atoms with E-state index in [0.717, 1.165) is 96.8 Å². The van der Waals surface area contributed by atoms with Crippen LogP contribution in [0.3, 0.4) is 0 Å². The van der Waals surface area contributed by atoms with Crippen molar-refractivity contribution in [1.82, 2.24) is 30.1 Å². The van der Waals surface area contributed by atoms with E-state index in [1.54, 1.807) is 45.3 Å². The molecular weight excluding hydrogens is 1560 g/mol. The van der Waals surface area contributed by atoms with Gasteiger partial charge in [-0.15, -0.1) is 0 Å². The second-order valence-corrected chi connectivity index (χ2v) is 33.2. The number of Topliss-reactive ketones (excluding diaryl/α,β-unsaturated/α-hetero) is 1. The number of hydrogen-bond acceptors (Lipinski definition) is 23. The van der Waals surface area contributed by atoms with E-state index in [9.17, 15) is 64.7 Å². The van der Waals surface area contributed by atoms with E-state index < -0.39 is 54.1 Å². The molecule has 6 saturated heterocycles. The molecule has 0 radical (unpaired) electrons. The first-order chi connectivity index (χ1) is 58.4. The number of likely N-dealkylation sites (tertiary alicyclic amines) is 1. The van der Waals surface area contributed by atoms with Crippen LogP contribution in [0.2, 0.25) is 0 Å². The van der Waals surface area contributed by atoms with E-state index in [1.807, 2.05) is 211 Å². The number of β-amino-alcohol motifs (C(OH)–C–C–N with tert-alkyl or cyclic N) is 3. The maximum Gasteiger partial charge on any atom is 0.411 e. The summed E-state index contributed by atoms with van der Waals surface area (Å²) >= 11 is 0. The molecule has 5 amide bonds. The zero-order valence-corrected chi connectivity index (χ0v) is 74.1. The van der Waals surface area contributed by atoms with Crippen molar-refractivity contribution < 1.29 is 63.5 Å². The number of carboxylic acids is 1. The number of aryl methyl sites for hydroxylation is 10. The lowest BCUT2D eigenvalue weighted by atomic mass is 10.1. The van der Waals surface area contributed by atoms with E-state index in [-0.39, 0.29) is 80.0 Å². The summed E-state index contributed by atoms with van der Waals surface area (Å²) in [6.45, 7) is 39.2. The van der Waals surface area contributed by atoms with Crippen LogP contribution in [0.1, 0.15) is 153 Å². The molecule has 0 unspecified atom stereocenters. The lowest BCUT2D eigenvalue weighted by molar-refractivity contribution is -0.142. The number of nitrogens with one attached hydrogen (secondary N) is 1. The van der Waals surface area contributed by atoms with Crippen molar-refractivity contribution >= 4 is 81.7 Å². The number of nitriles is 3. The number of ether oxygens (including phenoxy) is 2. The van der Waals surface area contributed by atoms with Gasteiger partial charge in [-0.2, -0.15) is 15.8 Å². The number of rotatable bonds is 17. The van der Waals surface area contributed by atoms with Gasteiger partial charge in [-0.3, -0.25) is 33.8 Å². The van der Waals surface area contributed by atoms with Gasteiger partial charge in [0.2, 0.25) is 23.6 Å². The van der Waals surface area contributed by atoms with Gasteiger partial charge in [-0.1, -0.05) is 48.5 Å². The van der Waals surface area contributed by atoms with Gasteiger partial charge >= 0.3 is 12.1 Å². The number of carbonyl (C=O) groups excluding carboxylic acids is 6. The summed E-state index contributed by atoms with van der Waals surface area (Å²) in [6, 6.07) is 41.3. The van der Waals surface area contributed by atoms with Crippen LogP contribution < -0.4 is 39.6 Å². The number of morpholine rings is 1. The van der Waals surface area contributed by atoms with Crippen molar-refractivity contribution in [3.05, 3.63) is 188 Å². The van der Waals surface area contributed by atoms with Gasteiger partial charge in [0.05, 0.1) is 67.3 Å². The minimum atomic E-state index is -1.12. The van der Waals surface area contributed by atoms with Crippen LogP contribution in [-0.2, 0) is 38.2 Å². The normalized spacial score (nSPS) is 20.3. The molecule has 6 fully saturated rings. The fraction of sp³-hybridized carbons (Fsp3) is 0.479. The summed E-state index contributed by atoms with van der Waals surface area (Å²) in [5, 5.41) is 70.3. The number of aliphatic carboxylic acids is 1. The fourth-order valence-electron chi connectivity index (χ4n) is 16.6. The summed E-state index contributed by atoms with van der Waals surface area (Å²) in [4.78, 5) is 118. The number of hydrogen-bond donors (Lipinski definition) is 5. The van der Waals surface area contributed by atoms with Crippen LogP contribution in [0, 0.1) is 103 Å². The molecule has 9 atom stereocenters. The zero-order valence-electron chi connectivity index (χ0n) is 74.1. The standard InChI is InChI=1S/C26H33N5O2.C22H26N4O2.C22H24N4O2.C14H20N2O2.C10H17NO5/c1-5-30(21-8-6-7-18(2)13-21)26(32)24-15-22(29-9-11-33-12-10-29)17-31(24)25-23(16-27)19(3)14-20(4)28-25;2*1-5-25(17-8-6-7-14(2)9-17)22(28)20-11-18(27)13-26(20)21-19(12-23)15(3)10-16(4)24-21;1-3-16(11-6-4-5-10(2)7-11)14(18)13-8-12(17)9-15-13;1-10(2,3)16-9(15)11-5-6(12)4-7(11)8(13)14/h6-8,13-14,22,24H,5,9-12,15,17H2,1-4H3;6-10,18,20,27H,5,11,13H2,1-4H3;6-10,20H,5,11,13H2,1-4H3;4-7,12-13,15,17H,3,8-9H2,1-2H3;6-7,12H,4-5H2,1-3H3,(H,13,14)/t22-,24-;18-,20+;20-;12-,13+;6-,7+/m01011/s1. The number of benzene rings is 4. The molecule has 6 aliphatic rings. The SMILES string of the molecule is CC(C)(C)OC(=O)N1C[C@H](O)C[C@H]1C(=O)O.CCN(C(=O)[C@@H]1CC(=O)CN1c1nc(C)cc(C)c1C#N)c1cccc(C)c1.CCN(C(=O)[C@@H]1C[C@@H](O)CN1)c1cccc(C)c1.CCN(C(=O)[C@@H]1C[C@@H](O)CN1c1nc(C)cc(C)c1C#N)c1cccc(C)c1.CCN(C(=O)[C@@H]1C[C@H](N2CCOCC2)CN1c1nc(C)cc(C)c1C#N)c1cccc(C)c1. The predicted octanol–water partition coefficient (Wildman–Crippen LogP) is 10.7. The van der Waals surface area contributed by atoms with Crippen LogP contribution in [0.15, 0.2) is 115 Å². The van der Waals surface area contributed by atoms with Gasteiger partial charge in [0.15, 0.2) is 5.78 Å². The van der Waals surface area contributed by atoms with Gasteiger partial charge in [-0.05, 0) is 236 Å². The van der Waals surface area contributed by atoms with Crippen LogP contribution in [0.25, 0.3) is 0 Å². The molecule has 7 aromatic rings. The van der Waals surface area contributed by atoms with E-state index >= 15 is 0 Å². The van der Waals surface area contributed by atoms with Gasteiger partial charge < -0.3 is 69.5 Å². The lowest BCUT2D eigenvalue weighted by Gasteiger charge is -2.32. The summed E-state index contributed by atoms with van der Waals surface area (Å²) in [7, 11) is 0. The number of pyridine rings is 3. The Kier molecular flexibility index (Phi) is 33.1. The number of aliphatic hydroxyl groups excluding tert-OH is 3. The third-order valence-corrected chi connectivity index (χ3v) is 22.4. The Labute approximate surface area is 723 Å². The maximum atomic E-state index is 14.0. The molecule has 3 aromatic heterocycles. The number of carboxylic acid groups (broad SMARTS) is 1. The van der Waals surface area contributed by atoms with Crippen molar-refractivity contribution in [2.24, 2.45) is 0 Å². The van der Waals surface area contributed by atoms with E-state index in [0.29, 0.717) is 106 Å². The number of aromatic nitrogens is 3. The second kappa shape index (κ2) is 42.8. The highest BCUT2D eigenvalue weighted by atomic mass is 16.6. The summed E-state index contributed by atoms with van der Waals surface area (Å²) in [5.41, 5.74) is 13.5. The number of carbonyl (C=O) groups is 7. The largest absolute Gasteiger partial charge is 0.480 e. The summed E-state index contributed by atoms with van der Waals surface area (Å²) < 4.78 is 10.6. The number of likely N-dealkylation sites (N-methyl/N-ethyl adjacent to an activating group) is 4. The minimum absolute atomic E-state index is 0.00583.